The van der Waals surface area contributed by atoms with Gasteiger partial charge in [0.15, 0.2) is 5.82 Å². The van der Waals surface area contributed by atoms with Crippen molar-refractivity contribution in [2.24, 2.45) is 0 Å². The Kier molecular flexibility index (Phi) is 3.23. The van der Waals surface area contributed by atoms with E-state index < -0.39 is 5.82 Å². The van der Waals surface area contributed by atoms with Crippen molar-refractivity contribution >= 4 is 28.8 Å². The zero-order valence-electron chi connectivity index (χ0n) is 10.6. The second-order valence-corrected chi connectivity index (χ2v) is 6.07. The molecule has 0 aliphatic carbocycles. The largest absolute Gasteiger partial charge is 0.382 e. The molecule has 0 fully saturated rings. The second-order valence-electron chi connectivity index (χ2n) is 4.37. The van der Waals surface area contributed by atoms with E-state index in [9.17, 15) is 4.39 Å². The van der Waals surface area contributed by atoms with Crippen LogP contribution >= 0.6 is 22.9 Å². The summed E-state index contributed by atoms with van der Waals surface area (Å²) in [5, 5.41) is 6.94. The maximum absolute atomic E-state index is 14.2. The van der Waals surface area contributed by atoms with Crippen LogP contribution in [0.3, 0.4) is 0 Å². The standard InChI is InChI=1S/C14H11ClFN3S/c1-7-5-6-10(20-7)13-11(14(17)19-18-13)8-3-2-4-9(15)12(8)16/h2-6H,1H3,(H3,17,18,19). The number of rotatable bonds is 2. The molecule has 2 heterocycles. The fourth-order valence-corrected chi connectivity index (χ4v) is 3.12. The maximum atomic E-state index is 14.2. The van der Waals surface area contributed by atoms with E-state index in [1.165, 1.54) is 6.07 Å². The molecule has 6 heteroatoms. The van der Waals surface area contributed by atoms with E-state index in [-0.39, 0.29) is 10.8 Å². The lowest BCUT2D eigenvalue weighted by atomic mass is 10.0. The number of thiophene rings is 1. The predicted molar refractivity (Wildman–Crippen MR) is 81.5 cm³/mol. The third-order valence-electron chi connectivity index (χ3n) is 3.00. The van der Waals surface area contributed by atoms with E-state index in [0.29, 0.717) is 16.8 Å². The molecule has 0 unspecified atom stereocenters. The van der Waals surface area contributed by atoms with Gasteiger partial charge in [-0.1, -0.05) is 23.7 Å². The summed E-state index contributed by atoms with van der Waals surface area (Å²) in [6, 6.07) is 8.79. The minimum atomic E-state index is -0.489. The zero-order chi connectivity index (χ0) is 14.3. The molecule has 3 nitrogen and oxygen atoms in total. The third-order valence-corrected chi connectivity index (χ3v) is 4.31. The number of hydrogen-bond donors (Lipinski definition) is 2. The Hall–Kier alpha value is -1.85. The van der Waals surface area contributed by atoms with Crippen LogP contribution in [-0.4, -0.2) is 10.2 Å². The van der Waals surface area contributed by atoms with Gasteiger partial charge in [0.2, 0.25) is 0 Å². The van der Waals surface area contributed by atoms with Crippen molar-refractivity contribution in [2.45, 2.75) is 6.92 Å². The number of halogens is 2. The molecular formula is C14H11ClFN3S. The molecule has 0 saturated heterocycles. The topological polar surface area (TPSA) is 54.7 Å². The molecule has 20 heavy (non-hydrogen) atoms. The van der Waals surface area contributed by atoms with E-state index in [4.69, 9.17) is 17.3 Å². The van der Waals surface area contributed by atoms with Gasteiger partial charge in [0, 0.05) is 10.4 Å². The maximum Gasteiger partial charge on any atom is 0.153 e. The molecule has 0 spiro atoms. The van der Waals surface area contributed by atoms with Gasteiger partial charge < -0.3 is 5.73 Å². The summed E-state index contributed by atoms with van der Waals surface area (Å²) >= 11 is 7.43. The molecule has 0 atom stereocenters. The van der Waals surface area contributed by atoms with Crippen molar-refractivity contribution in [3.63, 3.8) is 0 Å². The van der Waals surface area contributed by atoms with Crippen molar-refractivity contribution in [1.29, 1.82) is 0 Å². The van der Waals surface area contributed by atoms with Gasteiger partial charge in [0.05, 0.1) is 21.2 Å². The summed E-state index contributed by atoms with van der Waals surface area (Å²) in [5.74, 6) is -0.232. The van der Waals surface area contributed by atoms with Gasteiger partial charge in [-0.25, -0.2) is 4.39 Å². The summed E-state index contributed by atoms with van der Waals surface area (Å²) in [6.07, 6.45) is 0. The summed E-state index contributed by atoms with van der Waals surface area (Å²) in [4.78, 5) is 2.12. The van der Waals surface area contributed by atoms with Gasteiger partial charge >= 0.3 is 0 Å². The summed E-state index contributed by atoms with van der Waals surface area (Å²) < 4.78 is 14.2. The van der Waals surface area contributed by atoms with Gasteiger partial charge in [-0.3, -0.25) is 5.10 Å². The van der Waals surface area contributed by atoms with Gasteiger partial charge in [-0.2, -0.15) is 5.10 Å². The number of benzene rings is 1. The summed E-state index contributed by atoms with van der Waals surface area (Å²) in [7, 11) is 0. The van der Waals surface area contributed by atoms with Gasteiger partial charge in [-0.05, 0) is 25.1 Å². The van der Waals surface area contributed by atoms with Crippen LogP contribution in [0.15, 0.2) is 30.3 Å². The van der Waals surface area contributed by atoms with Crippen LogP contribution in [0.1, 0.15) is 4.88 Å². The lowest BCUT2D eigenvalue weighted by molar-refractivity contribution is 0.632. The Morgan fingerprint density at radius 2 is 2.10 bits per heavy atom. The SMILES string of the molecule is Cc1ccc(-c2[nH]nc(N)c2-c2cccc(Cl)c2F)s1. The lowest BCUT2D eigenvalue weighted by Gasteiger charge is -2.05. The lowest BCUT2D eigenvalue weighted by Crippen LogP contribution is -1.91. The molecule has 3 N–H and O–H groups in total. The molecule has 1 aromatic carbocycles. The average molecular weight is 308 g/mol. The number of aryl methyl sites for hydroxylation is 1. The molecule has 0 radical (unpaired) electrons. The van der Waals surface area contributed by atoms with Crippen molar-refractivity contribution in [3.8, 4) is 21.7 Å². The first-order valence-electron chi connectivity index (χ1n) is 5.93. The van der Waals surface area contributed by atoms with Crippen LogP contribution in [0.2, 0.25) is 5.02 Å². The van der Waals surface area contributed by atoms with Crippen molar-refractivity contribution in [3.05, 3.63) is 46.0 Å². The summed E-state index contributed by atoms with van der Waals surface area (Å²) in [6.45, 7) is 2.01. The van der Waals surface area contributed by atoms with E-state index in [0.717, 1.165) is 9.75 Å². The van der Waals surface area contributed by atoms with E-state index >= 15 is 0 Å². The van der Waals surface area contributed by atoms with Gasteiger partial charge in [0.1, 0.15) is 5.82 Å². The minimum Gasteiger partial charge on any atom is -0.382 e. The van der Waals surface area contributed by atoms with Crippen LogP contribution in [0.5, 0.6) is 0 Å². The molecular weight excluding hydrogens is 297 g/mol. The number of nitrogens with zero attached hydrogens (tertiary/aromatic N) is 1. The number of nitrogens with one attached hydrogen (secondary N) is 1. The fourth-order valence-electron chi connectivity index (χ4n) is 2.07. The molecule has 102 valence electrons. The van der Waals surface area contributed by atoms with E-state index in [1.54, 1.807) is 23.5 Å². The van der Waals surface area contributed by atoms with E-state index in [2.05, 4.69) is 10.2 Å². The van der Waals surface area contributed by atoms with Crippen molar-refractivity contribution in [1.82, 2.24) is 10.2 Å². The molecule has 0 aliphatic rings. The number of H-pyrrole nitrogens is 1. The highest BCUT2D eigenvalue weighted by molar-refractivity contribution is 7.15. The minimum absolute atomic E-state index is 0.0661. The first-order valence-corrected chi connectivity index (χ1v) is 7.12. The smallest absolute Gasteiger partial charge is 0.153 e. The van der Waals surface area contributed by atoms with Crippen LogP contribution in [0.4, 0.5) is 10.2 Å². The second kappa shape index (κ2) is 4.92. The van der Waals surface area contributed by atoms with Crippen LogP contribution in [0, 0.1) is 12.7 Å². The normalized spacial score (nSPS) is 10.9. The molecule has 0 amide bonds. The van der Waals surface area contributed by atoms with Crippen molar-refractivity contribution in [2.75, 3.05) is 5.73 Å². The number of nitrogen functional groups attached to an aromatic ring is 1. The van der Waals surface area contributed by atoms with Gasteiger partial charge in [0.25, 0.3) is 0 Å². The van der Waals surface area contributed by atoms with Crippen molar-refractivity contribution < 1.29 is 4.39 Å². The highest BCUT2D eigenvalue weighted by atomic mass is 35.5. The third kappa shape index (κ3) is 2.09. The molecule has 3 aromatic rings. The van der Waals surface area contributed by atoms with Crippen LogP contribution in [-0.2, 0) is 0 Å². The molecule has 0 saturated carbocycles. The molecule has 2 aromatic heterocycles. The first kappa shape index (κ1) is 13.1. The number of aromatic amines is 1. The zero-order valence-corrected chi connectivity index (χ0v) is 12.1. The highest BCUT2D eigenvalue weighted by Crippen LogP contribution is 2.39. The molecule has 0 aliphatic heterocycles. The Morgan fingerprint density at radius 1 is 1.30 bits per heavy atom. The summed E-state index contributed by atoms with van der Waals surface area (Å²) in [5.41, 5.74) is 7.50. The number of anilines is 1. The number of nitrogens with two attached hydrogens (primary N) is 1. The Morgan fingerprint density at radius 3 is 2.80 bits per heavy atom. The Balaban J connectivity index is 2.24. The fraction of sp³-hybridized carbons (Fsp3) is 0.0714. The number of aromatic nitrogens is 2. The molecule has 0 bridgehead atoms. The van der Waals surface area contributed by atoms with E-state index in [1.807, 2.05) is 19.1 Å². The monoisotopic (exact) mass is 307 g/mol. The average Bonchev–Trinajstić information content (AvgIpc) is 2.99. The first-order chi connectivity index (χ1) is 9.58. The Labute approximate surface area is 124 Å². The van der Waals surface area contributed by atoms with Crippen LogP contribution < -0.4 is 5.73 Å². The molecule has 3 rings (SSSR count). The van der Waals surface area contributed by atoms with Gasteiger partial charge in [-0.15, -0.1) is 11.3 Å². The quantitative estimate of drug-likeness (QED) is 0.733. The number of hydrogen-bond acceptors (Lipinski definition) is 3. The Bertz CT molecular complexity index is 779. The van der Waals surface area contributed by atoms with Crippen LogP contribution in [0.25, 0.3) is 21.7 Å². The highest BCUT2D eigenvalue weighted by Gasteiger charge is 2.19. The predicted octanol–water partition coefficient (Wildman–Crippen LogP) is 4.49.